The molecule has 1 aromatic carbocycles. The number of ether oxygens (including phenoxy) is 1. The molecule has 1 aliphatic rings. The molecule has 2 heterocycles. The van der Waals surface area contributed by atoms with Gasteiger partial charge in [-0.15, -0.1) is 0 Å². The Morgan fingerprint density at radius 2 is 1.86 bits per heavy atom. The summed E-state index contributed by atoms with van der Waals surface area (Å²) >= 11 is 0. The summed E-state index contributed by atoms with van der Waals surface area (Å²) in [4.78, 5) is 45.1. The summed E-state index contributed by atoms with van der Waals surface area (Å²) in [6, 6.07) is 2.06. The Bertz CT molecular complexity index is 1250. The predicted molar refractivity (Wildman–Crippen MR) is 91.3 cm³/mol. The number of nitrogens with zero attached hydrogens (tertiary/aromatic N) is 2. The van der Waals surface area contributed by atoms with Crippen molar-refractivity contribution >= 4 is 33.4 Å². The molecule has 0 aliphatic carbocycles. The Labute approximate surface area is 155 Å². The van der Waals surface area contributed by atoms with Crippen molar-refractivity contribution in [2.45, 2.75) is 4.90 Å². The summed E-state index contributed by atoms with van der Waals surface area (Å²) in [6.07, 6.45) is 0. The number of nitro benzene ring substituents is 1. The number of nitrogens with two attached hydrogens (primary N) is 1. The number of fused-ring (bicyclic) bond motifs is 1. The first kappa shape index (κ1) is 19.0. The molecular weight excluding hydrogens is 400 g/mol. The summed E-state index contributed by atoms with van der Waals surface area (Å²) in [5, 5.41) is 13.1. The van der Waals surface area contributed by atoms with Crippen molar-refractivity contribution in [2.24, 2.45) is 0 Å². The third-order valence-electron chi connectivity index (χ3n) is 3.93. The fourth-order valence-corrected chi connectivity index (χ4v) is 3.41. The van der Waals surface area contributed by atoms with Crippen LogP contribution in [0.5, 0.6) is 5.75 Å². The van der Waals surface area contributed by atoms with Crippen LogP contribution in [0.3, 0.4) is 0 Å². The standard InChI is InChI=1S/C14H10N4O9S/c1-27-8-3-7(18(22)23)9(28(24,25)26)4-6(8)17-10(19)2-5-11(12(17)15)14(21)16-13(5)20/h2-4H,15H2,1H3,(H,16,20,21)(H,24,25,26). The van der Waals surface area contributed by atoms with Crippen LogP contribution in [0, 0.1) is 10.1 Å². The van der Waals surface area contributed by atoms with Gasteiger partial charge in [0.15, 0.2) is 4.90 Å². The summed E-state index contributed by atoms with van der Waals surface area (Å²) in [7, 11) is -3.99. The lowest BCUT2D eigenvalue weighted by molar-refractivity contribution is -0.388. The van der Waals surface area contributed by atoms with Gasteiger partial charge in [0.1, 0.15) is 11.6 Å². The number of aromatic nitrogens is 1. The number of rotatable bonds is 4. The van der Waals surface area contributed by atoms with Crippen LogP contribution < -0.4 is 21.3 Å². The quantitative estimate of drug-likeness (QED) is 0.254. The first-order valence-electron chi connectivity index (χ1n) is 7.23. The average Bonchev–Trinajstić information content (AvgIpc) is 2.87. The minimum atomic E-state index is -5.08. The van der Waals surface area contributed by atoms with Gasteiger partial charge in [-0.25, -0.2) is 0 Å². The number of imide groups is 1. The average molecular weight is 410 g/mol. The lowest BCUT2D eigenvalue weighted by Crippen LogP contribution is -2.25. The van der Waals surface area contributed by atoms with Gasteiger partial charge in [-0.3, -0.25) is 38.9 Å². The molecule has 28 heavy (non-hydrogen) atoms. The number of methoxy groups -OCH3 is 1. The first-order valence-corrected chi connectivity index (χ1v) is 8.67. The van der Waals surface area contributed by atoms with Crippen LogP contribution in [-0.4, -0.2) is 41.4 Å². The lowest BCUT2D eigenvalue weighted by atomic mass is 10.1. The highest BCUT2D eigenvalue weighted by Crippen LogP contribution is 2.35. The molecule has 13 nitrogen and oxygen atoms in total. The molecule has 0 spiro atoms. The van der Waals surface area contributed by atoms with Crippen molar-refractivity contribution < 1.29 is 32.2 Å². The van der Waals surface area contributed by atoms with Crippen molar-refractivity contribution in [3.63, 3.8) is 0 Å². The number of hydrogen-bond donors (Lipinski definition) is 3. The second-order valence-corrected chi connectivity index (χ2v) is 6.89. The van der Waals surface area contributed by atoms with E-state index >= 15 is 0 Å². The maximum Gasteiger partial charge on any atom is 0.301 e. The normalized spacial score (nSPS) is 13.2. The van der Waals surface area contributed by atoms with Gasteiger partial charge in [0, 0.05) is 6.07 Å². The molecule has 0 saturated carbocycles. The third kappa shape index (κ3) is 2.76. The Hall–Kier alpha value is -3.78. The van der Waals surface area contributed by atoms with Crippen molar-refractivity contribution in [3.05, 3.63) is 49.8 Å². The maximum atomic E-state index is 12.5. The SMILES string of the molecule is COc1cc([N+](=O)[O-])c(S(=O)(=O)O)cc1-n1c(N)c2c(cc1=O)C(=O)NC2=O. The monoisotopic (exact) mass is 410 g/mol. The van der Waals surface area contributed by atoms with Gasteiger partial charge in [-0.05, 0) is 6.07 Å². The Morgan fingerprint density at radius 3 is 2.39 bits per heavy atom. The highest BCUT2D eigenvalue weighted by molar-refractivity contribution is 7.86. The zero-order valence-electron chi connectivity index (χ0n) is 13.8. The molecule has 146 valence electrons. The van der Waals surface area contributed by atoms with Crippen molar-refractivity contribution in [1.82, 2.24) is 9.88 Å². The second-order valence-electron chi connectivity index (χ2n) is 5.50. The Kier molecular flexibility index (Phi) is 4.16. The van der Waals surface area contributed by atoms with Gasteiger partial charge >= 0.3 is 10.1 Å². The van der Waals surface area contributed by atoms with E-state index in [1.165, 1.54) is 0 Å². The molecule has 4 N–H and O–H groups in total. The summed E-state index contributed by atoms with van der Waals surface area (Å²) in [5.74, 6) is -2.61. The molecule has 2 aromatic rings. The number of nitrogen functional groups attached to an aromatic ring is 1. The summed E-state index contributed by atoms with van der Waals surface area (Å²) < 4.78 is 38.1. The summed E-state index contributed by atoms with van der Waals surface area (Å²) in [6.45, 7) is 0. The van der Waals surface area contributed by atoms with Crippen LogP contribution in [-0.2, 0) is 10.1 Å². The highest BCUT2D eigenvalue weighted by Gasteiger charge is 2.34. The number of pyridine rings is 1. The number of hydrogen-bond acceptors (Lipinski definition) is 9. The smallest absolute Gasteiger partial charge is 0.301 e. The number of anilines is 1. The fourth-order valence-electron chi connectivity index (χ4n) is 2.75. The Balaban J connectivity index is 2.45. The molecule has 1 aliphatic heterocycles. The van der Waals surface area contributed by atoms with Crippen molar-refractivity contribution in [3.8, 4) is 11.4 Å². The van der Waals surface area contributed by atoms with Gasteiger partial charge < -0.3 is 10.5 Å². The zero-order valence-corrected chi connectivity index (χ0v) is 14.6. The number of carbonyl (C=O) groups is 2. The number of amides is 2. The van der Waals surface area contributed by atoms with Crippen molar-refractivity contribution in [1.29, 1.82) is 0 Å². The molecule has 0 saturated heterocycles. The van der Waals surface area contributed by atoms with Gasteiger partial charge in [0.25, 0.3) is 23.1 Å². The molecule has 0 unspecified atom stereocenters. The largest absolute Gasteiger partial charge is 0.494 e. The van der Waals surface area contributed by atoms with E-state index in [9.17, 15) is 37.5 Å². The summed E-state index contributed by atoms with van der Waals surface area (Å²) in [5.41, 5.74) is 2.87. The van der Waals surface area contributed by atoms with E-state index in [0.29, 0.717) is 16.7 Å². The van der Waals surface area contributed by atoms with E-state index in [-0.39, 0.29) is 16.9 Å². The van der Waals surface area contributed by atoms with E-state index in [1.807, 2.05) is 5.32 Å². The second kappa shape index (κ2) is 6.14. The minimum absolute atomic E-state index is 0.278. The maximum absolute atomic E-state index is 12.5. The molecule has 0 fully saturated rings. The topological polar surface area (TPSA) is 201 Å². The third-order valence-corrected chi connectivity index (χ3v) is 4.81. The first-order chi connectivity index (χ1) is 13.0. The number of nitrogens with one attached hydrogen (secondary N) is 1. The van der Waals surface area contributed by atoms with Crippen molar-refractivity contribution in [2.75, 3.05) is 12.8 Å². The van der Waals surface area contributed by atoms with E-state index in [1.54, 1.807) is 0 Å². The highest BCUT2D eigenvalue weighted by atomic mass is 32.2. The van der Waals surface area contributed by atoms with Gasteiger partial charge in [0.2, 0.25) is 0 Å². The molecule has 14 heteroatoms. The van der Waals surface area contributed by atoms with Crippen LogP contribution >= 0.6 is 0 Å². The van der Waals surface area contributed by atoms with Gasteiger partial charge in [-0.1, -0.05) is 0 Å². The lowest BCUT2D eigenvalue weighted by Gasteiger charge is -2.16. The number of nitro groups is 1. The predicted octanol–water partition coefficient (Wildman–Crippen LogP) is -0.533. The minimum Gasteiger partial charge on any atom is -0.494 e. The molecule has 2 amide bonds. The fraction of sp³-hybridized carbons (Fsp3) is 0.0714. The van der Waals surface area contributed by atoms with E-state index in [0.717, 1.165) is 13.2 Å². The Morgan fingerprint density at radius 1 is 1.21 bits per heavy atom. The van der Waals surface area contributed by atoms with E-state index < -0.39 is 54.5 Å². The van der Waals surface area contributed by atoms with Crippen LogP contribution in [0.1, 0.15) is 20.7 Å². The number of benzene rings is 1. The molecule has 0 radical (unpaired) electrons. The molecule has 1 aromatic heterocycles. The van der Waals surface area contributed by atoms with E-state index in [2.05, 4.69) is 0 Å². The van der Waals surface area contributed by atoms with E-state index in [4.69, 9.17) is 10.5 Å². The van der Waals surface area contributed by atoms with Crippen LogP contribution in [0.15, 0.2) is 27.9 Å². The van der Waals surface area contributed by atoms with Crippen LogP contribution in [0.2, 0.25) is 0 Å². The van der Waals surface area contributed by atoms with Crippen LogP contribution in [0.4, 0.5) is 11.5 Å². The molecule has 0 atom stereocenters. The number of carbonyl (C=O) groups excluding carboxylic acids is 2. The molecule has 0 bridgehead atoms. The zero-order chi connectivity index (χ0) is 21.0. The van der Waals surface area contributed by atoms with Crippen LogP contribution in [0.25, 0.3) is 5.69 Å². The molecular formula is C14H10N4O9S. The van der Waals surface area contributed by atoms with Gasteiger partial charge in [-0.2, -0.15) is 8.42 Å². The van der Waals surface area contributed by atoms with Gasteiger partial charge in [0.05, 0.1) is 34.9 Å². The molecule has 3 rings (SSSR count).